The molecule has 0 bridgehead atoms. The zero-order valence-corrected chi connectivity index (χ0v) is 7.50. The summed E-state index contributed by atoms with van der Waals surface area (Å²) in [6, 6.07) is 4.84. The smallest absolute Gasteiger partial charge is 0.221 e. The number of benzene rings is 1. The van der Waals surface area contributed by atoms with E-state index in [4.69, 9.17) is 0 Å². The molecule has 0 radical (unpaired) electrons. The van der Waals surface area contributed by atoms with Gasteiger partial charge >= 0.3 is 0 Å². The second-order valence-electron chi connectivity index (χ2n) is 2.77. The average Bonchev–Trinajstić information content (AvgIpc) is 2.08. The molecule has 68 valence electrons. The monoisotopic (exact) mass is 178 g/mol. The molecule has 1 amide bonds. The number of anilines is 1. The van der Waals surface area contributed by atoms with E-state index in [1.165, 1.54) is 6.92 Å². The van der Waals surface area contributed by atoms with Crippen molar-refractivity contribution in [1.82, 2.24) is 0 Å². The molecule has 0 aliphatic carbocycles. The minimum Gasteiger partial charge on any atom is -0.326 e. The highest BCUT2D eigenvalue weighted by molar-refractivity contribution is 5.89. The number of amides is 1. The summed E-state index contributed by atoms with van der Waals surface area (Å²) in [5.74, 6) is -0.130. The minimum atomic E-state index is -0.130. The zero-order chi connectivity index (χ0) is 9.84. The van der Waals surface area contributed by atoms with E-state index in [2.05, 4.69) is 10.5 Å². The maximum absolute atomic E-state index is 10.7. The standard InChI is InChI=1S/C9H10N2O2/c1-6-5-8(11-13)3-4-9(6)10-7(2)12/h3-5H,1-2H3,(H,10,12). The molecule has 1 aromatic carbocycles. The van der Waals surface area contributed by atoms with Crippen molar-refractivity contribution in [2.75, 3.05) is 5.32 Å². The van der Waals surface area contributed by atoms with Gasteiger partial charge in [0.05, 0.1) is 0 Å². The molecule has 0 spiro atoms. The molecule has 0 aromatic heterocycles. The fourth-order valence-electron chi connectivity index (χ4n) is 1.03. The van der Waals surface area contributed by atoms with Crippen LogP contribution in [0.3, 0.4) is 0 Å². The van der Waals surface area contributed by atoms with Crippen LogP contribution in [0.2, 0.25) is 0 Å². The van der Waals surface area contributed by atoms with Gasteiger partial charge in [-0.25, -0.2) is 0 Å². The van der Waals surface area contributed by atoms with Crippen LogP contribution in [-0.4, -0.2) is 5.91 Å². The molecule has 0 saturated heterocycles. The van der Waals surface area contributed by atoms with Gasteiger partial charge in [0, 0.05) is 12.6 Å². The van der Waals surface area contributed by atoms with Crippen molar-refractivity contribution in [3.63, 3.8) is 0 Å². The quantitative estimate of drug-likeness (QED) is 0.706. The SMILES string of the molecule is CC(=O)Nc1ccc(N=O)cc1C. The molecule has 0 heterocycles. The molecular weight excluding hydrogens is 168 g/mol. The minimum absolute atomic E-state index is 0.130. The molecule has 0 aliphatic rings. The average molecular weight is 178 g/mol. The van der Waals surface area contributed by atoms with Gasteiger partial charge < -0.3 is 5.32 Å². The summed E-state index contributed by atoms with van der Waals surface area (Å²) in [4.78, 5) is 20.9. The lowest BCUT2D eigenvalue weighted by Gasteiger charge is -2.05. The van der Waals surface area contributed by atoms with Crippen molar-refractivity contribution in [2.45, 2.75) is 13.8 Å². The van der Waals surface area contributed by atoms with Gasteiger partial charge in [-0.05, 0) is 35.9 Å². The number of nitrogens with zero attached hydrogens (tertiary/aromatic N) is 1. The van der Waals surface area contributed by atoms with Gasteiger partial charge in [0.2, 0.25) is 5.91 Å². The Morgan fingerprint density at radius 2 is 2.15 bits per heavy atom. The number of nitroso groups, excluding NO2 is 1. The van der Waals surface area contributed by atoms with Gasteiger partial charge in [-0.3, -0.25) is 4.79 Å². The Balaban J connectivity index is 2.98. The van der Waals surface area contributed by atoms with Crippen LogP contribution in [0.4, 0.5) is 11.4 Å². The van der Waals surface area contributed by atoms with Gasteiger partial charge in [0.15, 0.2) is 0 Å². The highest BCUT2D eigenvalue weighted by Gasteiger charge is 2.00. The second kappa shape index (κ2) is 3.80. The summed E-state index contributed by atoms with van der Waals surface area (Å²) in [5, 5.41) is 5.43. The van der Waals surface area contributed by atoms with Crippen molar-refractivity contribution in [1.29, 1.82) is 0 Å². The van der Waals surface area contributed by atoms with Crippen molar-refractivity contribution < 1.29 is 4.79 Å². The first-order chi connectivity index (χ1) is 6.13. The van der Waals surface area contributed by atoms with Crippen LogP contribution >= 0.6 is 0 Å². The number of carbonyl (C=O) groups is 1. The molecule has 1 rings (SSSR count). The van der Waals surface area contributed by atoms with Crippen molar-refractivity contribution in [2.24, 2.45) is 5.18 Å². The molecular formula is C9H10N2O2. The summed E-state index contributed by atoms with van der Waals surface area (Å²) < 4.78 is 0. The van der Waals surface area contributed by atoms with Crippen LogP contribution in [0, 0.1) is 11.8 Å². The van der Waals surface area contributed by atoms with Crippen LogP contribution < -0.4 is 5.32 Å². The Morgan fingerprint density at radius 1 is 1.46 bits per heavy atom. The molecule has 0 atom stereocenters. The Bertz CT molecular complexity index is 347. The fourth-order valence-corrected chi connectivity index (χ4v) is 1.03. The van der Waals surface area contributed by atoms with Gasteiger partial charge in [0.25, 0.3) is 0 Å². The summed E-state index contributed by atoms with van der Waals surface area (Å²) >= 11 is 0. The first-order valence-corrected chi connectivity index (χ1v) is 3.85. The molecule has 13 heavy (non-hydrogen) atoms. The van der Waals surface area contributed by atoms with E-state index in [9.17, 15) is 9.70 Å². The predicted molar refractivity (Wildman–Crippen MR) is 50.9 cm³/mol. The largest absolute Gasteiger partial charge is 0.326 e. The number of carbonyl (C=O) groups excluding carboxylic acids is 1. The first kappa shape index (κ1) is 9.38. The number of hydrogen-bond donors (Lipinski definition) is 1. The molecule has 0 aliphatic heterocycles. The lowest BCUT2D eigenvalue weighted by Crippen LogP contribution is -2.06. The molecule has 4 heteroatoms. The van der Waals surface area contributed by atoms with Gasteiger partial charge in [-0.2, -0.15) is 0 Å². The maximum Gasteiger partial charge on any atom is 0.221 e. The number of hydrogen-bond acceptors (Lipinski definition) is 3. The summed E-state index contributed by atoms with van der Waals surface area (Å²) in [6.45, 7) is 3.24. The van der Waals surface area contributed by atoms with Gasteiger partial charge in [-0.1, -0.05) is 0 Å². The van der Waals surface area contributed by atoms with Gasteiger partial charge in [-0.15, -0.1) is 4.91 Å². The lowest BCUT2D eigenvalue weighted by atomic mass is 10.2. The third kappa shape index (κ3) is 2.37. The summed E-state index contributed by atoms with van der Waals surface area (Å²) in [5.41, 5.74) is 1.90. The summed E-state index contributed by atoms with van der Waals surface area (Å²) in [6.07, 6.45) is 0. The highest BCUT2D eigenvalue weighted by Crippen LogP contribution is 2.21. The third-order valence-electron chi connectivity index (χ3n) is 1.63. The predicted octanol–water partition coefficient (Wildman–Crippen LogP) is 2.35. The molecule has 4 nitrogen and oxygen atoms in total. The summed E-state index contributed by atoms with van der Waals surface area (Å²) in [7, 11) is 0. The highest BCUT2D eigenvalue weighted by atomic mass is 16.3. The number of nitrogens with one attached hydrogen (secondary N) is 1. The van der Waals surface area contributed by atoms with E-state index in [0.717, 1.165) is 5.56 Å². The lowest BCUT2D eigenvalue weighted by molar-refractivity contribution is -0.114. The number of aryl methyl sites for hydroxylation is 1. The number of rotatable bonds is 2. The van der Waals surface area contributed by atoms with Crippen LogP contribution in [0.15, 0.2) is 23.4 Å². The fraction of sp³-hybridized carbons (Fsp3) is 0.222. The van der Waals surface area contributed by atoms with E-state index in [1.807, 2.05) is 0 Å². The Morgan fingerprint density at radius 3 is 2.62 bits per heavy atom. The van der Waals surface area contributed by atoms with Crippen LogP contribution in [0.25, 0.3) is 0 Å². The Hall–Kier alpha value is -1.71. The molecule has 1 aromatic rings. The van der Waals surface area contributed by atoms with E-state index < -0.39 is 0 Å². The topological polar surface area (TPSA) is 58.5 Å². The first-order valence-electron chi connectivity index (χ1n) is 3.85. The normalized spacial score (nSPS) is 9.38. The van der Waals surface area contributed by atoms with E-state index in [0.29, 0.717) is 11.4 Å². The van der Waals surface area contributed by atoms with Crippen LogP contribution in [0.1, 0.15) is 12.5 Å². The molecule has 1 N–H and O–H groups in total. The van der Waals surface area contributed by atoms with E-state index in [1.54, 1.807) is 25.1 Å². The maximum atomic E-state index is 10.7. The third-order valence-corrected chi connectivity index (χ3v) is 1.63. The van der Waals surface area contributed by atoms with Crippen molar-refractivity contribution >= 4 is 17.3 Å². The zero-order valence-electron chi connectivity index (χ0n) is 7.50. The molecule has 0 fully saturated rings. The molecule has 0 unspecified atom stereocenters. The van der Waals surface area contributed by atoms with Crippen LogP contribution in [-0.2, 0) is 4.79 Å². The van der Waals surface area contributed by atoms with E-state index >= 15 is 0 Å². The van der Waals surface area contributed by atoms with Crippen molar-refractivity contribution in [3.05, 3.63) is 28.7 Å². The second-order valence-corrected chi connectivity index (χ2v) is 2.77. The van der Waals surface area contributed by atoms with Crippen molar-refractivity contribution in [3.8, 4) is 0 Å². The molecule has 0 saturated carbocycles. The Labute approximate surface area is 75.9 Å². The van der Waals surface area contributed by atoms with E-state index in [-0.39, 0.29) is 5.91 Å². The van der Waals surface area contributed by atoms with Crippen LogP contribution in [0.5, 0.6) is 0 Å². The Kier molecular flexibility index (Phi) is 2.74. The van der Waals surface area contributed by atoms with Gasteiger partial charge in [0.1, 0.15) is 5.69 Å².